The second kappa shape index (κ2) is 12.8. The quantitative estimate of drug-likeness (QED) is 0.371. The summed E-state index contributed by atoms with van der Waals surface area (Å²) in [6.45, 7) is 5.81. The van der Waals surface area contributed by atoms with Crippen molar-refractivity contribution in [3.8, 4) is 0 Å². The molecule has 1 aliphatic heterocycles. The van der Waals surface area contributed by atoms with Crippen LogP contribution in [0.1, 0.15) is 71.3 Å². The largest absolute Gasteiger partial charge is 0.465 e. The summed E-state index contributed by atoms with van der Waals surface area (Å²) in [4.78, 5) is 51.5. The van der Waals surface area contributed by atoms with E-state index in [4.69, 9.17) is 9.47 Å². The Morgan fingerprint density at radius 3 is 2.49 bits per heavy atom. The number of nitrogens with one attached hydrogen (secondary N) is 1. The minimum atomic E-state index is -0.650. The molecule has 1 N–H and O–H groups in total. The fourth-order valence-electron chi connectivity index (χ4n) is 5.29. The molecule has 1 aromatic carbocycles. The van der Waals surface area contributed by atoms with Gasteiger partial charge in [-0.15, -0.1) is 4.91 Å². The van der Waals surface area contributed by atoms with Crippen LogP contribution in [0.2, 0.25) is 0 Å². The Bertz CT molecular complexity index is 890. The fraction of sp³-hybridized carbons (Fsp3) is 0.654. The Morgan fingerprint density at radius 2 is 1.83 bits per heavy atom. The number of hydrogen-bond acceptors (Lipinski definition) is 8. The molecule has 1 aromatic rings. The van der Waals surface area contributed by atoms with Crippen LogP contribution in [-0.2, 0) is 30.5 Å². The minimum absolute atomic E-state index is 0.00298. The highest BCUT2D eigenvalue weighted by Gasteiger charge is 2.49. The van der Waals surface area contributed by atoms with Gasteiger partial charge in [0, 0.05) is 6.04 Å². The molecule has 1 saturated heterocycles. The maximum absolute atomic E-state index is 13.6. The lowest BCUT2D eigenvalue weighted by Gasteiger charge is -2.35. The number of likely N-dealkylation sites (tertiary alicyclic amines) is 1. The van der Waals surface area contributed by atoms with Gasteiger partial charge in [-0.05, 0) is 68.3 Å². The van der Waals surface area contributed by atoms with Crippen molar-refractivity contribution in [3.63, 3.8) is 0 Å². The van der Waals surface area contributed by atoms with Crippen LogP contribution in [0.3, 0.4) is 0 Å². The first-order valence-electron chi connectivity index (χ1n) is 12.7. The number of rotatable bonds is 11. The molecule has 5 atom stereocenters. The summed E-state index contributed by atoms with van der Waals surface area (Å²) in [6, 6.07) is 4.66. The molecule has 1 amide bonds. The van der Waals surface area contributed by atoms with Gasteiger partial charge in [-0.1, -0.05) is 38.3 Å². The highest BCUT2D eigenvalue weighted by molar-refractivity contribution is 5.89. The molecule has 192 valence electrons. The number of nitrogens with zero attached hydrogens (tertiary/aromatic N) is 2. The second-order valence-electron chi connectivity index (χ2n) is 9.46. The third-order valence-corrected chi connectivity index (χ3v) is 7.01. The van der Waals surface area contributed by atoms with E-state index >= 15 is 0 Å². The predicted octanol–water partition coefficient (Wildman–Crippen LogP) is 4.00. The normalized spacial score (nSPS) is 23.2. The molecule has 0 bridgehead atoms. The molecular weight excluding hydrogens is 450 g/mol. The molecule has 9 heteroatoms. The van der Waals surface area contributed by atoms with Crippen molar-refractivity contribution in [2.24, 2.45) is 11.1 Å². The predicted molar refractivity (Wildman–Crippen MR) is 131 cm³/mol. The molecule has 0 spiro atoms. The number of ether oxygens (including phenoxy) is 2. The number of fused-ring (bicyclic) bond motifs is 1. The monoisotopic (exact) mass is 487 g/mol. The van der Waals surface area contributed by atoms with Crippen molar-refractivity contribution in [2.75, 3.05) is 6.61 Å². The van der Waals surface area contributed by atoms with E-state index in [0.29, 0.717) is 18.5 Å². The van der Waals surface area contributed by atoms with Crippen molar-refractivity contribution in [3.05, 3.63) is 34.7 Å². The standard InChI is InChI=1S/C26H37N3O6/c1-4-8-21(25(31)34-5-2)27-17(3)24(30)29-22-10-7-6-9-19(22)15-23(29)26(32)35-16-18-11-13-20(28-33)14-12-18/h11-14,17,19,21-23,27H,4-10,15-16H2,1-3H3/t17-,19-,21-,22-,23-/m0/s1. The average Bonchev–Trinajstić information content (AvgIpc) is 3.26. The molecule has 2 fully saturated rings. The lowest BCUT2D eigenvalue weighted by molar-refractivity contribution is -0.157. The molecule has 2 aliphatic rings. The average molecular weight is 488 g/mol. The van der Waals surface area contributed by atoms with E-state index in [1.54, 1.807) is 43.0 Å². The van der Waals surface area contributed by atoms with Crippen LogP contribution in [0.15, 0.2) is 29.4 Å². The van der Waals surface area contributed by atoms with Crippen LogP contribution < -0.4 is 5.32 Å². The summed E-state index contributed by atoms with van der Waals surface area (Å²) >= 11 is 0. The van der Waals surface area contributed by atoms with Crippen molar-refractivity contribution >= 4 is 23.5 Å². The lowest BCUT2D eigenvalue weighted by Crippen LogP contribution is -2.55. The number of benzene rings is 1. The van der Waals surface area contributed by atoms with E-state index in [9.17, 15) is 19.3 Å². The molecular formula is C26H37N3O6. The van der Waals surface area contributed by atoms with Crippen LogP contribution in [0.5, 0.6) is 0 Å². The summed E-state index contributed by atoms with van der Waals surface area (Å²) < 4.78 is 10.8. The van der Waals surface area contributed by atoms with Gasteiger partial charge in [-0.3, -0.25) is 14.9 Å². The van der Waals surface area contributed by atoms with Gasteiger partial charge in [0.2, 0.25) is 5.91 Å². The minimum Gasteiger partial charge on any atom is -0.465 e. The maximum Gasteiger partial charge on any atom is 0.329 e. The first-order chi connectivity index (χ1) is 16.9. The van der Waals surface area contributed by atoms with Crippen LogP contribution in [0.25, 0.3) is 0 Å². The Kier molecular flexibility index (Phi) is 9.77. The summed E-state index contributed by atoms with van der Waals surface area (Å²) in [5.41, 5.74) is 1.05. The first-order valence-corrected chi connectivity index (χ1v) is 12.7. The topological polar surface area (TPSA) is 114 Å². The number of carbonyl (C=O) groups excluding carboxylic acids is 3. The molecule has 0 unspecified atom stereocenters. The third kappa shape index (κ3) is 6.66. The summed E-state index contributed by atoms with van der Waals surface area (Å²) in [6.07, 6.45) is 5.89. The summed E-state index contributed by atoms with van der Waals surface area (Å²) in [5.74, 6) is -0.703. The molecule has 1 saturated carbocycles. The van der Waals surface area contributed by atoms with Crippen molar-refractivity contribution in [1.29, 1.82) is 0 Å². The zero-order valence-corrected chi connectivity index (χ0v) is 20.9. The number of esters is 2. The maximum atomic E-state index is 13.6. The second-order valence-corrected chi connectivity index (χ2v) is 9.46. The van der Waals surface area contributed by atoms with Crippen molar-refractivity contribution < 1.29 is 23.9 Å². The van der Waals surface area contributed by atoms with Gasteiger partial charge in [0.1, 0.15) is 24.4 Å². The van der Waals surface area contributed by atoms with Gasteiger partial charge in [-0.2, -0.15) is 0 Å². The van der Waals surface area contributed by atoms with E-state index < -0.39 is 24.1 Å². The van der Waals surface area contributed by atoms with Crippen LogP contribution >= 0.6 is 0 Å². The van der Waals surface area contributed by atoms with Crippen LogP contribution in [-0.4, -0.2) is 53.5 Å². The molecule has 3 rings (SSSR count). The number of amides is 1. The van der Waals surface area contributed by atoms with Crippen molar-refractivity contribution in [1.82, 2.24) is 10.2 Å². The highest BCUT2D eigenvalue weighted by atomic mass is 16.5. The number of carbonyl (C=O) groups is 3. The lowest BCUT2D eigenvalue weighted by atomic mass is 9.84. The Hall–Kier alpha value is -2.81. The molecule has 1 aliphatic carbocycles. The number of nitroso groups, excluding NO2 is 1. The Labute approximate surface area is 206 Å². The van der Waals surface area contributed by atoms with Gasteiger partial charge in [0.25, 0.3) is 0 Å². The smallest absolute Gasteiger partial charge is 0.329 e. The molecule has 0 radical (unpaired) electrons. The SMILES string of the molecule is CCC[C@H](N[C@@H](C)C(=O)N1[C@H](C(=O)OCc2ccc(N=O)cc2)C[C@@H]2CCCC[C@@H]21)C(=O)OCC. The van der Waals surface area contributed by atoms with E-state index in [0.717, 1.165) is 37.7 Å². The zero-order chi connectivity index (χ0) is 25.4. The highest BCUT2D eigenvalue weighted by Crippen LogP contribution is 2.40. The van der Waals surface area contributed by atoms with Gasteiger partial charge >= 0.3 is 11.9 Å². The molecule has 35 heavy (non-hydrogen) atoms. The van der Waals surface area contributed by atoms with E-state index in [-0.39, 0.29) is 37.0 Å². The van der Waals surface area contributed by atoms with Crippen molar-refractivity contribution in [2.45, 2.75) is 96.5 Å². The van der Waals surface area contributed by atoms with Crippen LogP contribution in [0.4, 0.5) is 5.69 Å². The van der Waals surface area contributed by atoms with Gasteiger partial charge in [0.05, 0.1) is 12.6 Å². The van der Waals surface area contributed by atoms with Crippen LogP contribution in [0, 0.1) is 10.8 Å². The zero-order valence-electron chi connectivity index (χ0n) is 20.9. The van der Waals surface area contributed by atoms with E-state index in [1.165, 1.54) is 0 Å². The molecule has 1 heterocycles. The first kappa shape index (κ1) is 26.8. The summed E-state index contributed by atoms with van der Waals surface area (Å²) in [7, 11) is 0. The van der Waals surface area contributed by atoms with E-state index in [2.05, 4.69) is 10.5 Å². The number of hydrogen-bond donors (Lipinski definition) is 1. The Morgan fingerprint density at radius 1 is 1.11 bits per heavy atom. The summed E-state index contributed by atoms with van der Waals surface area (Å²) in [5, 5.41) is 6.02. The van der Waals surface area contributed by atoms with Gasteiger partial charge in [0.15, 0.2) is 0 Å². The van der Waals surface area contributed by atoms with Gasteiger partial charge in [-0.25, -0.2) is 4.79 Å². The Balaban J connectivity index is 1.71. The molecule has 0 aromatic heterocycles. The molecule has 9 nitrogen and oxygen atoms in total. The third-order valence-electron chi connectivity index (χ3n) is 7.01. The van der Waals surface area contributed by atoms with Gasteiger partial charge < -0.3 is 14.4 Å². The van der Waals surface area contributed by atoms with E-state index in [1.807, 2.05) is 6.92 Å². The fourth-order valence-corrected chi connectivity index (χ4v) is 5.29.